The second kappa shape index (κ2) is 6.29. The average molecular weight is 328 g/mol. The maximum Gasteiger partial charge on any atom is 0.413 e. The molecule has 2 heterocycles. The first-order chi connectivity index (χ1) is 11.0. The van der Waals surface area contributed by atoms with Gasteiger partial charge in [0.15, 0.2) is 0 Å². The zero-order chi connectivity index (χ0) is 16.4. The van der Waals surface area contributed by atoms with Gasteiger partial charge >= 0.3 is 6.09 Å². The first-order valence-corrected chi connectivity index (χ1v) is 7.83. The second-order valence-corrected chi connectivity index (χ2v) is 6.22. The third-order valence-corrected chi connectivity index (χ3v) is 4.11. The molecular weight excluding hydrogens is 312 g/mol. The maximum absolute atomic E-state index is 11.2. The molecule has 0 spiro atoms. The number of hydrogen-bond acceptors (Lipinski definition) is 5. The van der Waals surface area contributed by atoms with E-state index in [1.165, 1.54) is 7.11 Å². The Hall–Kier alpha value is -2.54. The minimum atomic E-state index is -0.554. The highest BCUT2D eigenvalue weighted by Gasteiger charge is 2.08. The number of methoxy groups -OCH3 is 1. The Labute approximate surface area is 137 Å². The van der Waals surface area contributed by atoms with Gasteiger partial charge in [-0.05, 0) is 44.2 Å². The molecule has 1 amide bonds. The summed E-state index contributed by atoms with van der Waals surface area (Å²) in [5.41, 5.74) is 3.63. The van der Waals surface area contributed by atoms with Gasteiger partial charge in [0, 0.05) is 21.2 Å². The lowest BCUT2D eigenvalue weighted by atomic mass is 10.3. The summed E-state index contributed by atoms with van der Waals surface area (Å²) in [4.78, 5) is 25.2. The first kappa shape index (κ1) is 15.4. The molecule has 2 aromatic heterocycles. The molecule has 0 aliphatic rings. The zero-order valence-electron chi connectivity index (χ0n) is 13.0. The monoisotopic (exact) mass is 328 g/mol. The third kappa shape index (κ3) is 3.62. The molecule has 0 saturated carbocycles. The predicted octanol–water partition coefficient (Wildman–Crippen LogP) is 3.90. The Kier molecular flexibility index (Phi) is 4.20. The van der Waals surface area contributed by atoms with E-state index in [0.717, 1.165) is 32.2 Å². The maximum atomic E-state index is 11.2. The Morgan fingerprint density at radius 3 is 2.57 bits per heavy atom. The number of carbonyl (C=O) groups excluding carboxylic acids is 1. The molecule has 0 aliphatic heterocycles. The number of H-pyrrole nitrogens is 1. The standard InChI is InChI=1S/C16H16N4O2S/c1-9-6-12(7-10(2)17-9)23-11-4-5-13-14(8-11)19-15(18-13)20-16(21)22-3/h4-8H,1-3H3,(H2,18,19,20,21). The largest absolute Gasteiger partial charge is 0.453 e. The van der Waals surface area contributed by atoms with Crippen LogP contribution >= 0.6 is 11.8 Å². The molecule has 1 aromatic carbocycles. The van der Waals surface area contributed by atoms with E-state index < -0.39 is 6.09 Å². The number of nitrogens with one attached hydrogen (secondary N) is 2. The lowest BCUT2D eigenvalue weighted by Crippen LogP contribution is -2.11. The van der Waals surface area contributed by atoms with Gasteiger partial charge in [0.05, 0.1) is 18.1 Å². The number of aryl methyl sites for hydroxylation is 2. The summed E-state index contributed by atoms with van der Waals surface area (Å²) in [7, 11) is 1.31. The van der Waals surface area contributed by atoms with Gasteiger partial charge in [-0.1, -0.05) is 11.8 Å². The smallest absolute Gasteiger partial charge is 0.413 e. The van der Waals surface area contributed by atoms with Gasteiger partial charge < -0.3 is 9.72 Å². The van der Waals surface area contributed by atoms with Crippen molar-refractivity contribution < 1.29 is 9.53 Å². The van der Waals surface area contributed by atoms with Crippen molar-refractivity contribution in [3.63, 3.8) is 0 Å². The van der Waals surface area contributed by atoms with E-state index in [1.54, 1.807) is 11.8 Å². The highest BCUT2D eigenvalue weighted by Crippen LogP contribution is 2.30. The molecule has 6 nitrogen and oxygen atoms in total. The van der Waals surface area contributed by atoms with Crippen LogP contribution in [0.3, 0.4) is 0 Å². The van der Waals surface area contributed by atoms with Crippen LogP contribution in [0.5, 0.6) is 0 Å². The summed E-state index contributed by atoms with van der Waals surface area (Å²) in [5, 5.41) is 2.52. The lowest BCUT2D eigenvalue weighted by molar-refractivity contribution is 0.186. The Balaban J connectivity index is 1.86. The molecule has 0 saturated heterocycles. The Morgan fingerprint density at radius 2 is 1.87 bits per heavy atom. The van der Waals surface area contributed by atoms with Crippen LogP contribution in [0.15, 0.2) is 40.1 Å². The van der Waals surface area contributed by atoms with Crippen LogP contribution in [0, 0.1) is 13.8 Å². The van der Waals surface area contributed by atoms with Crippen molar-refractivity contribution in [2.45, 2.75) is 23.6 Å². The fourth-order valence-electron chi connectivity index (χ4n) is 2.25. The summed E-state index contributed by atoms with van der Waals surface area (Å²) >= 11 is 1.65. The molecule has 3 rings (SSSR count). The lowest BCUT2D eigenvalue weighted by Gasteiger charge is -2.04. The molecule has 0 aliphatic carbocycles. The van der Waals surface area contributed by atoms with Gasteiger partial charge in [0.25, 0.3) is 0 Å². The van der Waals surface area contributed by atoms with Crippen molar-refractivity contribution in [3.8, 4) is 0 Å². The minimum absolute atomic E-state index is 0.365. The molecule has 3 aromatic rings. The van der Waals surface area contributed by atoms with E-state index >= 15 is 0 Å². The van der Waals surface area contributed by atoms with E-state index in [-0.39, 0.29) is 0 Å². The summed E-state index contributed by atoms with van der Waals surface area (Å²) in [6.07, 6.45) is -0.554. The Bertz CT molecular complexity index is 855. The highest BCUT2D eigenvalue weighted by molar-refractivity contribution is 7.99. The van der Waals surface area contributed by atoms with E-state index in [4.69, 9.17) is 0 Å². The van der Waals surface area contributed by atoms with Gasteiger partial charge in [-0.2, -0.15) is 0 Å². The van der Waals surface area contributed by atoms with Gasteiger partial charge in [0.2, 0.25) is 5.95 Å². The number of fused-ring (bicyclic) bond motifs is 1. The predicted molar refractivity (Wildman–Crippen MR) is 90.0 cm³/mol. The number of amides is 1. The molecule has 0 unspecified atom stereocenters. The number of nitrogens with zero attached hydrogens (tertiary/aromatic N) is 2. The van der Waals surface area contributed by atoms with Crippen LogP contribution in [0.4, 0.5) is 10.7 Å². The van der Waals surface area contributed by atoms with E-state index in [0.29, 0.717) is 5.95 Å². The fraction of sp³-hybridized carbons (Fsp3) is 0.188. The fourth-order valence-corrected chi connectivity index (χ4v) is 3.28. The van der Waals surface area contributed by atoms with Crippen LogP contribution in [0.2, 0.25) is 0 Å². The van der Waals surface area contributed by atoms with Gasteiger partial charge in [-0.15, -0.1) is 0 Å². The van der Waals surface area contributed by atoms with E-state index in [2.05, 4.69) is 37.1 Å². The number of hydrogen-bond donors (Lipinski definition) is 2. The topological polar surface area (TPSA) is 79.9 Å². The molecular formula is C16H16N4O2S. The van der Waals surface area contributed by atoms with E-state index in [9.17, 15) is 4.79 Å². The van der Waals surface area contributed by atoms with Gasteiger partial charge in [-0.25, -0.2) is 9.78 Å². The Morgan fingerprint density at radius 1 is 1.13 bits per heavy atom. The number of carbonyl (C=O) groups is 1. The molecule has 0 fully saturated rings. The zero-order valence-corrected chi connectivity index (χ0v) is 13.8. The first-order valence-electron chi connectivity index (χ1n) is 7.01. The van der Waals surface area contributed by atoms with Gasteiger partial charge in [-0.3, -0.25) is 10.3 Å². The molecule has 7 heteroatoms. The second-order valence-electron chi connectivity index (χ2n) is 5.07. The normalized spacial score (nSPS) is 10.7. The van der Waals surface area contributed by atoms with Crippen molar-refractivity contribution in [3.05, 3.63) is 41.7 Å². The van der Waals surface area contributed by atoms with Crippen LogP contribution in [0.1, 0.15) is 11.4 Å². The molecule has 2 N–H and O–H groups in total. The van der Waals surface area contributed by atoms with Crippen LogP contribution < -0.4 is 5.32 Å². The SMILES string of the molecule is COC(=O)Nc1nc2cc(Sc3cc(C)nc(C)c3)ccc2[nH]1. The molecule has 23 heavy (non-hydrogen) atoms. The van der Waals surface area contributed by atoms with Crippen LogP contribution in [0.25, 0.3) is 11.0 Å². The molecule has 0 atom stereocenters. The summed E-state index contributed by atoms with van der Waals surface area (Å²) < 4.78 is 4.56. The molecule has 0 bridgehead atoms. The van der Waals surface area contributed by atoms with Crippen molar-refractivity contribution in [2.24, 2.45) is 0 Å². The number of pyridine rings is 1. The highest BCUT2D eigenvalue weighted by atomic mass is 32.2. The number of benzene rings is 1. The number of aromatic nitrogens is 3. The van der Waals surface area contributed by atoms with Crippen molar-refractivity contribution in [1.29, 1.82) is 0 Å². The summed E-state index contributed by atoms with van der Waals surface area (Å²) in [6, 6.07) is 10.0. The number of anilines is 1. The number of aromatic amines is 1. The summed E-state index contributed by atoms with van der Waals surface area (Å²) in [5.74, 6) is 0.365. The third-order valence-electron chi connectivity index (χ3n) is 3.15. The quantitative estimate of drug-likeness (QED) is 0.762. The van der Waals surface area contributed by atoms with Crippen LogP contribution in [-0.4, -0.2) is 28.2 Å². The minimum Gasteiger partial charge on any atom is -0.453 e. The van der Waals surface area contributed by atoms with E-state index in [1.807, 2.05) is 32.0 Å². The van der Waals surface area contributed by atoms with Crippen molar-refractivity contribution >= 4 is 34.8 Å². The summed E-state index contributed by atoms with van der Waals surface area (Å²) in [6.45, 7) is 3.97. The number of ether oxygens (including phenoxy) is 1. The molecule has 118 valence electrons. The van der Waals surface area contributed by atoms with Crippen molar-refractivity contribution in [1.82, 2.24) is 15.0 Å². The van der Waals surface area contributed by atoms with Crippen molar-refractivity contribution in [2.75, 3.05) is 12.4 Å². The average Bonchev–Trinajstić information content (AvgIpc) is 2.87. The number of rotatable bonds is 3. The van der Waals surface area contributed by atoms with Crippen LogP contribution in [-0.2, 0) is 4.74 Å². The van der Waals surface area contributed by atoms with Gasteiger partial charge in [0.1, 0.15) is 0 Å². The number of imidazole rings is 1. The molecule has 0 radical (unpaired) electrons.